The van der Waals surface area contributed by atoms with Gasteiger partial charge in [0.1, 0.15) is 0 Å². The predicted octanol–water partition coefficient (Wildman–Crippen LogP) is 2.60. The number of hydrogen-bond acceptors (Lipinski definition) is 7. The fourth-order valence-corrected chi connectivity index (χ4v) is 5.63. The topological polar surface area (TPSA) is 97.2 Å². The number of methoxy groups -OCH3 is 1. The van der Waals surface area contributed by atoms with Crippen molar-refractivity contribution >= 4 is 34.4 Å². The standard InChI is InChI=1S/C25H31ClFN7O2/c1-4-33-11-18(26)17-9-21(31-32-23(17)33)25(35)29-16-5-6-20-14(7-16)8-19(27)24(30-20)34-10-15(13-36-3)22(12-34)28-2/h8-9,11,15-16,22,28H,4-7,10,12-13H2,1-3H3,(H,29,35). The first kappa shape index (κ1) is 24.9. The summed E-state index contributed by atoms with van der Waals surface area (Å²) in [5, 5.41) is 15.9. The lowest BCUT2D eigenvalue weighted by molar-refractivity contribution is 0.0927. The van der Waals surface area contributed by atoms with Gasteiger partial charge < -0.3 is 24.8 Å². The molecule has 1 fully saturated rings. The van der Waals surface area contributed by atoms with E-state index in [1.807, 2.05) is 23.4 Å². The highest BCUT2D eigenvalue weighted by Crippen LogP contribution is 2.30. The van der Waals surface area contributed by atoms with E-state index in [1.165, 1.54) is 0 Å². The number of carbonyl (C=O) groups excluding carboxylic acids is 1. The van der Waals surface area contributed by atoms with E-state index in [4.69, 9.17) is 21.3 Å². The van der Waals surface area contributed by atoms with E-state index in [1.54, 1.807) is 25.4 Å². The van der Waals surface area contributed by atoms with Crippen LogP contribution < -0.4 is 15.5 Å². The van der Waals surface area contributed by atoms with Gasteiger partial charge in [0.15, 0.2) is 23.0 Å². The van der Waals surface area contributed by atoms with Crippen molar-refractivity contribution < 1.29 is 13.9 Å². The van der Waals surface area contributed by atoms with Crippen LogP contribution in [0.25, 0.3) is 11.0 Å². The fraction of sp³-hybridized carbons (Fsp3) is 0.520. The Hall–Kier alpha value is -2.82. The molecule has 11 heteroatoms. The Morgan fingerprint density at radius 3 is 2.89 bits per heavy atom. The molecule has 3 aromatic rings. The van der Waals surface area contributed by atoms with Crippen LogP contribution in [0.15, 0.2) is 18.3 Å². The smallest absolute Gasteiger partial charge is 0.272 e. The molecule has 3 aromatic heterocycles. The SMILES string of the molecule is CCn1cc(Cl)c2cc(C(=O)NC3CCc4nc(N5CC(COC)C(NC)C5)c(F)cc4C3)nnc21. The third-order valence-corrected chi connectivity index (χ3v) is 7.60. The van der Waals surface area contributed by atoms with Gasteiger partial charge in [-0.2, -0.15) is 0 Å². The zero-order valence-electron chi connectivity index (χ0n) is 20.7. The molecule has 1 amide bonds. The summed E-state index contributed by atoms with van der Waals surface area (Å²) in [5.74, 6) is 0.0201. The van der Waals surface area contributed by atoms with Gasteiger partial charge in [-0.1, -0.05) is 11.6 Å². The zero-order valence-corrected chi connectivity index (χ0v) is 21.5. The molecule has 1 aliphatic carbocycles. The van der Waals surface area contributed by atoms with Crippen LogP contribution in [0.2, 0.25) is 5.02 Å². The van der Waals surface area contributed by atoms with Crippen molar-refractivity contribution in [3.63, 3.8) is 0 Å². The highest BCUT2D eigenvalue weighted by Gasteiger charge is 2.34. The Morgan fingerprint density at radius 2 is 2.14 bits per heavy atom. The summed E-state index contributed by atoms with van der Waals surface area (Å²) in [6, 6.07) is 3.32. The first-order valence-electron chi connectivity index (χ1n) is 12.3. The largest absolute Gasteiger partial charge is 0.384 e. The van der Waals surface area contributed by atoms with Gasteiger partial charge >= 0.3 is 0 Å². The number of fused-ring (bicyclic) bond motifs is 2. The molecule has 36 heavy (non-hydrogen) atoms. The molecule has 0 radical (unpaired) electrons. The number of ether oxygens (including phenoxy) is 1. The van der Waals surface area contributed by atoms with Crippen molar-refractivity contribution in [3.05, 3.63) is 46.1 Å². The lowest BCUT2D eigenvalue weighted by atomic mass is 9.91. The van der Waals surface area contributed by atoms with E-state index in [2.05, 4.69) is 20.8 Å². The van der Waals surface area contributed by atoms with E-state index < -0.39 is 0 Å². The monoisotopic (exact) mass is 515 g/mol. The maximum atomic E-state index is 15.2. The van der Waals surface area contributed by atoms with Crippen molar-refractivity contribution in [1.29, 1.82) is 0 Å². The summed E-state index contributed by atoms with van der Waals surface area (Å²) in [4.78, 5) is 19.6. The Kier molecular flexibility index (Phi) is 7.09. The van der Waals surface area contributed by atoms with Gasteiger partial charge in [0.2, 0.25) is 0 Å². The van der Waals surface area contributed by atoms with Crippen LogP contribution in [-0.2, 0) is 24.1 Å². The lowest BCUT2D eigenvalue weighted by Gasteiger charge is -2.27. The number of hydrogen-bond donors (Lipinski definition) is 2. The first-order chi connectivity index (χ1) is 17.4. The number of aryl methyl sites for hydroxylation is 2. The summed E-state index contributed by atoms with van der Waals surface area (Å²) in [6.45, 7) is 4.69. The number of carbonyl (C=O) groups is 1. The van der Waals surface area contributed by atoms with E-state index in [0.717, 1.165) is 11.3 Å². The molecule has 4 heterocycles. The van der Waals surface area contributed by atoms with Crippen LogP contribution in [-0.4, -0.2) is 71.6 Å². The minimum atomic E-state index is -0.333. The second-order valence-electron chi connectivity index (χ2n) is 9.56. The number of nitrogens with zero attached hydrogens (tertiary/aromatic N) is 5. The Bertz CT molecular complexity index is 1280. The lowest BCUT2D eigenvalue weighted by Crippen LogP contribution is -2.39. The number of rotatable bonds is 7. The zero-order chi connectivity index (χ0) is 25.4. The second kappa shape index (κ2) is 10.3. The maximum absolute atomic E-state index is 15.2. The molecule has 0 saturated carbocycles. The molecule has 9 nitrogen and oxygen atoms in total. The van der Waals surface area contributed by atoms with Crippen LogP contribution in [0.4, 0.5) is 10.2 Å². The Balaban J connectivity index is 1.28. The molecule has 3 atom stereocenters. The Morgan fingerprint density at radius 1 is 1.31 bits per heavy atom. The third-order valence-electron chi connectivity index (χ3n) is 7.30. The van der Waals surface area contributed by atoms with Gasteiger partial charge in [-0.3, -0.25) is 4.79 Å². The minimum Gasteiger partial charge on any atom is -0.384 e. The molecule has 2 aliphatic rings. The highest BCUT2D eigenvalue weighted by molar-refractivity contribution is 6.35. The summed E-state index contributed by atoms with van der Waals surface area (Å²) >= 11 is 6.32. The molecule has 3 unspecified atom stereocenters. The minimum absolute atomic E-state index is 0.142. The average Bonchev–Trinajstić information content (AvgIpc) is 3.43. The number of nitrogens with one attached hydrogen (secondary N) is 2. The highest BCUT2D eigenvalue weighted by atomic mass is 35.5. The van der Waals surface area contributed by atoms with E-state index in [0.29, 0.717) is 67.4 Å². The first-order valence-corrected chi connectivity index (χ1v) is 12.7. The van der Waals surface area contributed by atoms with Crippen molar-refractivity contribution in [2.45, 2.75) is 44.8 Å². The van der Waals surface area contributed by atoms with Crippen LogP contribution in [0.1, 0.15) is 35.1 Å². The van der Waals surface area contributed by atoms with E-state index >= 15 is 4.39 Å². The molecule has 2 N–H and O–H groups in total. The molecule has 192 valence electrons. The van der Waals surface area contributed by atoms with Crippen molar-refractivity contribution in [2.24, 2.45) is 5.92 Å². The number of pyridine rings is 1. The van der Waals surface area contributed by atoms with Gasteiger partial charge in [-0.05, 0) is 50.9 Å². The van der Waals surface area contributed by atoms with Gasteiger partial charge in [0, 0.05) is 62.0 Å². The Labute approximate surface area is 214 Å². The molecular weight excluding hydrogens is 485 g/mol. The van der Waals surface area contributed by atoms with E-state index in [-0.39, 0.29) is 35.4 Å². The van der Waals surface area contributed by atoms with Crippen LogP contribution >= 0.6 is 11.6 Å². The van der Waals surface area contributed by atoms with E-state index in [9.17, 15) is 4.79 Å². The molecule has 1 saturated heterocycles. The van der Waals surface area contributed by atoms with Crippen molar-refractivity contribution in [2.75, 3.05) is 38.8 Å². The quantitative estimate of drug-likeness (QED) is 0.499. The molecule has 0 spiro atoms. The normalized spacial score (nSPS) is 21.7. The molecule has 0 aromatic carbocycles. The van der Waals surface area contributed by atoms with Crippen molar-refractivity contribution in [3.8, 4) is 0 Å². The molecular formula is C25H31ClFN7O2. The van der Waals surface area contributed by atoms with Crippen molar-refractivity contribution in [1.82, 2.24) is 30.4 Å². The molecule has 5 rings (SSSR count). The van der Waals surface area contributed by atoms with Gasteiger partial charge in [-0.15, -0.1) is 10.2 Å². The second-order valence-corrected chi connectivity index (χ2v) is 9.97. The number of aromatic nitrogens is 4. The summed E-state index contributed by atoms with van der Waals surface area (Å²) in [6.07, 6.45) is 3.67. The average molecular weight is 516 g/mol. The van der Waals surface area contributed by atoms with Gasteiger partial charge in [0.25, 0.3) is 5.91 Å². The summed E-state index contributed by atoms with van der Waals surface area (Å²) in [5.41, 5.74) is 2.58. The summed E-state index contributed by atoms with van der Waals surface area (Å²) < 4.78 is 22.4. The number of amides is 1. The molecule has 0 bridgehead atoms. The van der Waals surface area contributed by atoms with Crippen LogP contribution in [0.3, 0.4) is 0 Å². The number of anilines is 1. The maximum Gasteiger partial charge on any atom is 0.272 e. The summed E-state index contributed by atoms with van der Waals surface area (Å²) in [7, 11) is 3.60. The third kappa shape index (κ3) is 4.65. The number of halogens is 2. The predicted molar refractivity (Wildman–Crippen MR) is 136 cm³/mol. The van der Waals surface area contributed by atoms with Gasteiger partial charge in [-0.25, -0.2) is 9.37 Å². The van der Waals surface area contributed by atoms with Gasteiger partial charge in [0.05, 0.1) is 11.6 Å². The van der Waals surface area contributed by atoms with Crippen LogP contribution in [0, 0.1) is 11.7 Å². The molecule has 1 aliphatic heterocycles. The van der Waals surface area contributed by atoms with Crippen LogP contribution in [0.5, 0.6) is 0 Å². The fourth-order valence-electron chi connectivity index (χ4n) is 5.38. The number of likely N-dealkylation sites (N-methyl/N-ethyl adjacent to an activating group) is 1.